The summed E-state index contributed by atoms with van der Waals surface area (Å²) < 4.78 is 0. The lowest BCUT2D eigenvalue weighted by molar-refractivity contribution is 0.174. The molecule has 0 aromatic heterocycles. The Hall–Kier alpha value is -1.48. The Kier molecular flexibility index (Phi) is 3.70. The van der Waals surface area contributed by atoms with Crippen molar-refractivity contribution in [2.45, 2.75) is 44.7 Å². The molecule has 1 N–H and O–H groups in total. The average Bonchev–Trinajstić information content (AvgIpc) is 2.72. The average molecular weight is 291 g/mol. The van der Waals surface area contributed by atoms with Gasteiger partial charge in [-0.1, -0.05) is 35.4 Å². The lowest BCUT2D eigenvalue weighted by Crippen LogP contribution is -2.46. The van der Waals surface area contributed by atoms with E-state index in [9.17, 15) is 4.79 Å². The zero-order chi connectivity index (χ0) is 14.1. The van der Waals surface area contributed by atoms with Crippen LogP contribution in [-0.2, 0) is 0 Å². The first-order valence-corrected chi connectivity index (χ1v) is 7.54. The van der Waals surface area contributed by atoms with Crippen LogP contribution in [0.2, 0.25) is 5.02 Å². The fourth-order valence-corrected chi connectivity index (χ4v) is 3.54. The molecule has 0 spiro atoms. The number of benzene rings is 1. The van der Waals surface area contributed by atoms with Gasteiger partial charge < -0.3 is 10.2 Å². The molecule has 2 fully saturated rings. The maximum absolute atomic E-state index is 12.5. The van der Waals surface area contributed by atoms with Gasteiger partial charge in [0.25, 0.3) is 0 Å². The molecule has 2 aliphatic rings. The van der Waals surface area contributed by atoms with Crippen LogP contribution in [0.1, 0.15) is 32.6 Å². The van der Waals surface area contributed by atoms with Crippen molar-refractivity contribution in [3.05, 3.63) is 40.9 Å². The number of nitrogens with one attached hydrogen (secondary N) is 1. The summed E-state index contributed by atoms with van der Waals surface area (Å²) >= 11 is 6.10. The van der Waals surface area contributed by atoms with E-state index in [0.717, 1.165) is 25.7 Å². The van der Waals surface area contributed by atoms with Crippen molar-refractivity contribution in [3.8, 4) is 0 Å². The van der Waals surface area contributed by atoms with Crippen LogP contribution in [0.4, 0.5) is 10.5 Å². The minimum absolute atomic E-state index is 0.0132. The van der Waals surface area contributed by atoms with Gasteiger partial charge in [-0.25, -0.2) is 4.79 Å². The molecule has 0 aliphatic carbocycles. The molecule has 2 heterocycles. The Bertz CT molecular complexity index is 539. The molecule has 3 rings (SSSR count). The van der Waals surface area contributed by atoms with Crippen LogP contribution in [-0.4, -0.2) is 23.0 Å². The summed E-state index contributed by atoms with van der Waals surface area (Å²) in [7, 11) is 0. The number of hydrogen-bond acceptors (Lipinski definition) is 1. The Balaban J connectivity index is 1.74. The number of carbonyl (C=O) groups excluding carboxylic acids is 1. The molecule has 2 aliphatic heterocycles. The minimum atomic E-state index is -0.0132. The number of allylic oxidation sites excluding steroid dienone is 1. The summed E-state index contributed by atoms with van der Waals surface area (Å²) in [6.07, 6.45) is 6.45. The number of piperidine rings is 1. The first-order chi connectivity index (χ1) is 9.69. The molecule has 2 amide bonds. The van der Waals surface area contributed by atoms with Gasteiger partial charge in [-0.15, -0.1) is 0 Å². The van der Waals surface area contributed by atoms with Crippen LogP contribution in [0.5, 0.6) is 0 Å². The van der Waals surface area contributed by atoms with E-state index in [1.165, 1.54) is 5.57 Å². The quantitative estimate of drug-likeness (QED) is 0.762. The van der Waals surface area contributed by atoms with Gasteiger partial charge in [0.05, 0.1) is 10.7 Å². The SMILES string of the molecule is CC=C1CC2CCC(C1)N2C(=O)Nc1ccccc1Cl. The topological polar surface area (TPSA) is 32.3 Å². The van der Waals surface area contributed by atoms with Gasteiger partial charge in [-0.05, 0) is 44.7 Å². The highest BCUT2D eigenvalue weighted by molar-refractivity contribution is 6.33. The van der Waals surface area contributed by atoms with Crippen molar-refractivity contribution in [1.82, 2.24) is 4.90 Å². The Labute approximate surface area is 124 Å². The third-order valence-corrected chi connectivity index (χ3v) is 4.70. The van der Waals surface area contributed by atoms with E-state index in [0.29, 0.717) is 22.8 Å². The molecule has 1 aromatic carbocycles. The molecule has 1 aromatic rings. The highest BCUT2D eigenvalue weighted by atomic mass is 35.5. The predicted octanol–water partition coefficient (Wildman–Crippen LogP) is 4.45. The molecule has 4 heteroatoms. The lowest BCUT2D eigenvalue weighted by Gasteiger charge is -2.36. The molecule has 0 saturated carbocycles. The Morgan fingerprint density at radius 2 is 1.95 bits per heavy atom. The van der Waals surface area contributed by atoms with E-state index in [-0.39, 0.29) is 6.03 Å². The van der Waals surface area contributed by atoms with Crippen LogP contribution in [0.25, 0.3) is 0 Å². The standard InChI is InChI=1S/C16H19ClN2O/c1-2-11-9-12-7-8-13(10-11)19(12)16(20)18-15-6-4-3-5-14(15)17/h2-6,12-13H,7-10H2,1H3,(H,18,20). The molecule has 20 heavy (non-hydrogen) atoms. The van der Waals surface area contributed by atoms with Gasteiger partial charge in [-0.2, -0.15) is 0 Å². The number of anilines is 1. The minimum Gasteiger partial charge on any atom is -0.318 e. The van der Waals surface area contributed by atoms with Crippen LogP contribution < -0.4 is 5.32 Å². The van der Waals surface area contributed by atoms with Crippen LogP contribution >= 0.6 is 11.6 Å². The van der Waals surface area contributed by atoms with Crippen molar-refractivity contribution < 1.29 is 4.79 Å². The van der Waals surface area contributed by atoms with Gasteiger partial charge in [0.15, 0.2) is 0 Å². The van der Waals surface area contributed by atoms with Gasteiger partial charge in [-0.3, -0.25) is 0 Å². The van der Waals surface area contributed by atoms with Gasteiger partial charge in [0, 0.05) is 12.1 Å². The van der Waals surface area contributed by atoms with Crippen LogP contribution in [0.15, 0.2) is 35.9 Å². The highest BCUT2D eigenvalue weighted by Gasteiger charge is 2.41. The molecule has 2 bridgehead atoms. The number of amides is 2. The molecule has 0 radical (unpaired) electrons. The number of urea groups is 1. The largest absolute Gasteiger partial charge is 0.322 e. The first kappa shape index (κ1) is 13.5. The monoisotopic (exact) mass is 290 g/mol. The molecule has 3 nitrogen and oxygen atoms in total. The van der Waals surface area contributed by atoms with Gasteiger partial charge >= 0.3 is 6.03 Å². The first-order valence-electron chi connectivity index (χ1n) is 7.17. The number of fused-ring (bicyclic) bond motifs is 2. The molecule has 2 atom stereocenters. The zero-order valence-corrected chi connectivity index (χ0v) is 12.4. The summed E-state index contributed by atoms with van der Waals surface area (Å²) in [5, 5.41) is 3.53. The van der Waals surface area contributed by atoms with E-state index in [4.69, 9.17) is 11.6 Å². The Morgan fingerprint density at radius 1 is 1.30 bits per heavy atom. The van der Waals surface area contributed by atoms with E-state index in [1.54, 1.807) is 6.07 Å². The van der Waals surface area contributed by atoms with E-state index < -0.39 is 0 Å². The Morgan fingerprint density at radius 3 is 2.55 bits per heavy atom. The number of carbonyl (C=O) groups is 1. The zero-order valence-electron chi connectivity index (χ0n) is 11.6. The third kappa shape index (κ3) is 2.42. The van der Waals surface area contributed by atoms with E-state index in [2.05, 4.69) is 18.3 Å². The molecular formula is C16H19ClN2O. The summed E-state index contributed by atoms with van der Waals surface area (Å²) in [6.45, 7) is 2.09. The third-order valence-electron chi connectivity index (χ3n) is 4.37. The number of nitrogens with zero attached hydrogens (tertiary/aromatic N) is 1. The molecule has 2 saturated heterocycles. The lowest BCUT2D eigenvalue weighted by atomic mass is 9.97. The smallest absolute Gasteiger partial charge is 0.318 e. The maximum Gasteiger partial charge on any atom is 0.322 e. The normalized spacial score (nSPS) is 24.7. The second-order valence-corrected chi connectivity index (χ2v) is 5.96. The molecule has 106 valence electrons. The molecule has 2 unspecified atom stereocenters. The van der Waals surface area contributed by atoms with Crippen LogP contribution in [0, 0.1) is 0 Å². The van der Waals surface area contributed by atoms with E-state index >= 15 is 0 Å². The summed E-state index contributed by atoms with van der Waals surface area (Å²) in [5.74, 6) is 0. The van der Waals surface area contributed by atoms with Gasteiger partial charge in [0.2, 0.25) is 0 Å². The van der Waals surface area contributed by atoms with Crippen molar-refractivity contribution in [2.24, 2.45) is 0 Å². The number of halogens is 1. The van der Waals surface area contributed by atoms with Crippen molar-refractivity contribution in [3.63, 3.8) is 0 Å². The second kappa shape index (κ2) is 5.49. The number of rotatable bonds is 1. The number of hydrogen-bond donors (Lipinski definition) is 1. The summed E-state index contributed by atoms with van der Waals surface area (Å²) in [6, 6.07) is 8.06. The van der Waals surface area contributed by atoms with Gasteiger partial charge in [0.1, 0.15) is 0 Å². The molecular weight excluding hydrogens is 272 g/mol. The number of para-hydroxylation sites is 1. The maximum atomic E-state index is 12.5. The van der Waals surface area contributed by atoms with Crippen LogP contribution in [0.3, 0.4) is 0 Å². The fraction of sp³-hybridized carbons (Fsp3) is 0.438. The highest BCUT2D eigenvalue weighted by Crippen LogP contribution is 2.38. The van der Waals surface area contributed by atoms with Crippen molar-refractivity contribution >= 4 is 23.3 Å². The van der Waals surface area contributed by atoms with E-state index in [1.807, 2.05) is 23.1 Å². The summed E-state index contributed by atoms with van der Waals surface area (Å²) in [4.78, 5) is 14.5. The second-order valence-electron chi connectivity index (χ2n) is 5.56. The predicted molar refractivity (Wildman–Crippen MR) is 82.1 cm³/mol. The summed E-state index contributed by atoms with van der Waals surface area (Å²) in [5.41, 5.74) is 2.18. The fourth-order valence-electron chi connectivity index (χ4n) is 3.36. The van der Waals surface area contributed by atoms with Crippen molar-refractivity contribution in [2.75, 3.05) is 5.32 Å². The van der Waals surface area contributed by atoms with Crippen molar-refractivity contribution in [1.29, 1.82) is 0 Å².